The molecule has 0 heterocycles. The fourth-order valence-corrected chi connectivity index (χ4v) is 0.661. The summed E-state index contributed by atoms with van der Waals surface area (Å²) >= 11 is 0. The summed E-state index contributed by atoms with van der Waals surface area (Å²) in [6, 6.07) is 0. The Morgan fingerprint density at radius 2 is 1.60 bits per heavy atom. The van der Waals surface area contributed by atoms with E-state index in [0.29, 0.717) is 6.42 Å². The van der Waals surface area contributed by atoms with Crippen molar-refractivity contribution in [2.24, 2.45) is 0 Å². The van der Waals surface area contributed by atoms with E-state index in [2.05, 4.69) is 6.92 Å². The number of rotatable bonds is 5. The minimum atomic E-state index is -1.65. The summed E-state index contributed by atoms with van der Waals surface area (Å²) < 4.78 is 36.2. The zero-order valence-corrected chi connectivity index (χ0v) is 5.82. The van der Waals surface area contributed by atoms with E-state index < -0.39 is 19.0 Å². The molecular weight excluding hydrogens is 141 g/mol. The van der Waals surface area contributed by atoms with E-state index in [0.717, 1.165) is 0 Å². The average molecular weight is 153 g/mol. The molecule has 0 aliphatic carbocycles. The highest BCUT2D eigenvalue weighted by Gasteiger charge is 2.18. The van der Waals surface area contributed by atoms with Gasteiger partial charge in [0, 0.05) is 6.42 Å². The molecule has 0 aliphatic rings. The molecule has 0 rings (SSSR count). The predicted octanol–water partition coefficient (Wildman–Crippen LogP) is 2.64. The van der Waals surface area contributed by atoms with Crippen LogP contribution in [0.1, 0.15) is 19.3 Å². The molecule has 0 aromatic carbocycles. The van der Waals surface area contributed by atoms with Crippen LogP contribution in [-0.4, -0.2) is 19.0 Å². The van der Waals surface area contributed by atoms with Gasteiger partial charge in [0.25, 0.3) is 0 Å². The maximum atomic E-state index is 12.4. The molecule has 0 N–H and O–H groups in total. The summed E-state index contributed by atoms with van der Waals surface area (Å²) in [4.78, 5) is 0. The Morgan fingerprint density at radius 3 is 2.00 bits per heavy atom. The number of alkyl halides is 3. The maximum Gasteiger partial charge on any atom is 0.134 e. The smallest absolute Gasteiger partial charge is 0.134 e. The highest BCUT2D eigenvalue weighted by atomic mass is 19.2. The molecule has 0 spiro atoms. The van der Waals surface area contributed by atoms with Gasteiger partial charge in [0.05, 0.1) is 6.67 Å². The summed E-state index contributed by atoms with van der Waals surface area (Å²) in [5.41, 5.74) is 0. The molecule has 0 saturated heterocycles. The first-order valence-electron chi connectivity index (χ1n) is 3.35. The minimum Gasteiger partial charge on any atom is -0.251 e. The van der Waals surface area contributed by atoms with Crippen molar-refractivity contribution in [3.8, 4) is 0 Å². The van der Waals surface area contributed by atoms with E-state index in [4.69, 9.17) is 0 Å². The molecule has 0 nitrogen and oxygen atoms in total. The van der Waals surface area contributed by atoms with E-state index in [1.165, 1.54) is 0 Å². The van der Waals surface area contributed by atoms with E-state index in [1.807, 2.05) is 0 Å². The molecule has 0 amide bonds. The lowest BCUT2D eigenvalue weighted by atomic mass is 10.1. The SMILES string of the molecule is [CH2]CCC(F)[C@@H](F)CCF. The lowest BCUT2D eigenvalue weighted by Gasteiger charge is -2.09. The highest BCUT2D eigenvalue weighted by molar-refractivity contribution is 4.67. The summed E-state index contributed by atoms with van der Waals surface area (Å²) in [6.07, 6.45) is -3.07. The van der Waals surface area contributed by atoms with Gasteiger partial charge in [-0.05, 0) is 6.42 Å². The van der Waals surface area contributed by atoms with Gasteiger partial charge >= 0.3 is 0 Å². The first-order valence-corrected chi connectivity index (χ1v) is 3.35. The van der Waals surface area contributed by atoms with Crippen molar-refractivity contribution in [2.45, 2.75) is 31.6 Å². The first kappa shape index (κ1) is 9.79. The summed E-state index contributed by atoms with van der Waals surface area (Å²) in [7, 11) is 0. The van der Waals surface area contributed by atoms with Crippen molar-refractivity contribution < 1.29 is 13.2 Å². The van der Waals surface area contributed by atoms with Crippen LogP contribution in [0.3, 0.4) is 0 Å². The molecule has 10 heavy (non-hydrogen) atoms. The first-order chi connectivity index (χ1) is 4.72. The Balaban J connectivity index is 3.38. The highest BCUT2D eigenvalue weighted by Crippen LogP contribution is 2.13. The molecule has 1 radical (unpaired) electrons. The third-order valence-corrected chi connectivity index (χ3v) is 1.26. The van der Waals surface area contributed by atoms with Crippen molar-refractivity contribution in [3.63, 3.8) is 0 Å². The van der Waals surface area contributed by atoms with E-state index in [9.17, 15) is 13.2 Å². The Morgan fingerprint density at radius 1 is 1.10 bits per heavy atom. The second kappa shape index (κ2) is 5.57. The molecule has 0 fully saturated rings. The molecule has 61 valence electrons. The van der Waals surface area contributed by atoms with Crippen LogP contribution in [0, 0.1) is 6.92 Å². The van der Waals surface area contributed by atoms with E-state index >= 15 is 0 Å². The second-order valence-electron chi connectivity index (χ2n) is 2.15. The number of hydrogen-bond acceptors (Lipinski definition) is 0. The fourth-order valence-electron chi connectivity index (χ4n) is 0.661. The van der Waals surface area contributed by atoms with Crippen LogP contribution in [0.15, 0.2) is 0 Å². The monoisotopic (exact) mass is 153 g/mol. The van der Waals surface area contributed by atoms with Gasteiger partial charge in [-0.25, -0.2) is 8.78 Å². The summed E-state index contributed by atoms with van der Waals surface area (Å²) in [5.74, 6) is 0. The predicted molar refractivity (Wildman–Crippen MR) is 35.0 cm³/mol. The molecular formula is C7H12F3. The van der Waals surface area contributed by atoms with Crippen molar-refractivity contribution in [3.05, 3.63) is 6.92 Å². The Labute approximate surface area is 59.4 Å². The quantitative estimate of drug-likeness (QED) is 0.569. The molecule has 0 bridgehead atoms. The van der Waals surface area contributed by atoms with Gasteiger partial charge in [0.2, 0.25) is 0 Å². The van der Waals surface area contributed by atoms with Crippen molar-refractivity contribution >= 4 is 0 Å². The van der Waals surface area contributed by atoms with Gasteiger partial charge in [0.1, 0.15) is 12.3 Å². The number of halogens is 3. The third-order valence-electron chi connectivity index (χ3n) is 1.26. The Bertz CT molecular complexity index is 65.3. The Kier molecular flexibility index (Phi) is 5.45. The van der Waals surface area contributed by atoms with Gasteiger partial charge < -0.3 is 0 Å². The van der Waals surface area contributed by atoms with Crippen LogP contribution in [0.4, 0.5) is 13.2 Å². The second-order valence-corrected chi connectivity index (χ2v) is 2.15. The van der Waals surface area contributed by atoms with Gasteiger partial charge in [-0.3, -0.25) is 4.39 Å². The lowest BCUT2D eigenvalue weighted by Crippen LogP contribution is -2.17. The third kappa shape index (κ3) is 3.75. The molecule has 2 atom stereocenters. The molecule has 0 saturated carbocycles. The van der Waals surface area contributed by atoms with E-state index in [1.54, 1.807) is 0 Å². The van der Waals surface area contributed by atoms with Gasteiger partial charge in [-0.1, -0.05) is 13.3 Å². The van der Waals surface area contributed by atoms with Crippen LogP contribution in [0.5, 0.6) is 0 Å². The molecule has 0 aromatic rings. The zero-order chi connectivity index (χ0) is 7.98. The molecule has 0 aromatic heterocycles. The topological polar surface area (TPSA) is 0 Å². The molecule has 0 aliphatic heterocycles. The van der Waals surface area contributed by atoms with Crippen LogP contribution in [-0.2, 0) is 0 Å². The van der Waals surface area contributed by atoms with Crippen LogP contribution in [0.25, 0.3) is 0 Å². The van der Waals surface area contributed by atoms with Gasteiger partial charge in [0.15, 0.2) is 0 Å². The van der Waals surface area contributed by atoms with Crippen LogP contribution >= 0.6 is 0 Å². The maximum absolute atomic E-state index is 12.4. The lowest BCUT2D eigenvalue weighted by molar-refractivity contribution is 0.142. The zero-order valence-electron chi connectivity index (χ0n) is 5.82. The van der Waals surface area contributed by atoms with E-state index in [-0.39, 0.29) is 12.8 Å². The molecule has 3 heteroatoms. The van der Waals surface area contributed by atoms with Gasteiger partial charge in [-0.2, -0.15) is 0 Å². The largest absolute Gasteiger partial charge is 0.251 e. The number of hydrogen-bond donors (Lipinski definition) is 0. The molecule has 1 unspecified atom stereocenters. The summed E-state index contributed by atoms with van der Waals surface area (Å²) in [6.45, 7) is 2.57. The fraction of sp³-hybridized carbons (Fsp3) is 0.857. The Hall–Kier alpha value is -0.210. The standard InChI is InChI=1S/C7H12F3/c1-2-3-6(9)7(10)4-5-8/h6-7H,1-5H2/t6?,7-/m0/s1. The minimum absolute atomic E-state index is 0.0845. The van der Waals surface area contributed by atoms with Crippen LogP contribution in [0.2, 0.25) is 0 Å². The van der Waals surface area contributed by atoms with Crippen LogP contribution < -0.4 is 0 Å². The van der Waals surface area contributed by atoms with Crippen molar-refractivity contribution in [2.75, 3.05) is 6.67 Å². The van der Waals surface area contributed by atoms with Crippen molar-refractivity contribution in [1.29, 1.82) is 0 Å². The average Bonchev–Trinajstić information content (AvgIpc) is 1.89. The normalized spacial score (nSPS) is 16.8. The van der Waals surface area contributed by atoms with Gasteiger partial charge in [-0.15, -0.1) is 0 Å². The summed E-state index contributed by atoms with van der Waals surface area (Å²) in [5, 5.41) is 0. The van der Waals surface area contributed by atoms with Crippen molar-refractivity contribution in [1.82, 2.24) is 0 Å².